The van der Waals surface area contributed by atoms with Crippen LogP contribution in [0.15, 0.2) is 24.4 Å². The standard InChI is InChI=1S/C15H20BrN3O/c1-2-20-12-6-5-8-18(11-12)15-13(10-16)19-9-4-3-7-14(19)17-15/h3-4,7,9,12H,2,5-6,8,10-11H2,1H3. The Kier molecular flexibility index (Phi) is 4.27. The number of fused-ring (bicyclic) bond motifs is 1. The van der Waals surface area contributed by atoms with E-state index in [1.807, 2.05) is 12.1 Å². The van der Waals surface area contributed by atoms with Crippen molar-refractivity contribution in [2.45, 2.75) is 31.2 Å². The summed E-state index contributed by atoms with van der Waals surface area (Å²) in [5, 5.41) is 0.809. The molecule has 0 saturated carbocycles. The summed E-state index contributed by atoms with van der Waals surface area (Å²) in [6.07, 6.45) is 4.73. The third-order valence-corrected chi connectivity index (χ3v) is 4.35. The number of ether oxygens (including phenoxy) is 1. The molecule has 20 heavy (non-hydrogen) atoms. The summed E-state index contributed by atoms with van der Waals surface area (Å²) in [6.45, 7) is 4.86. The smallest absolute Gasteiger partial charge is 0.152 e. The van der Waals surface area contributed by atoms with Gasteiger partial charge in [-0.25, -0.2) is 4.98 Å². The van der Waals surface area contributed by atoms with E-state index in [9.17, 15) is 0 Å². The van der Waals surface area contributed by atoms with Gasteiger partial charge in [0.05, 0.1) is 11.8 Å². The molecule has 0 spiro atoms. The lowest BCUT2D eigenvalue weighted by molar-refractivity contribution is 0.0525. The molecule has 0 aliphatic carbocycles. The van der Waals surface area contributed by atoms with Crippen LogP contribution in [-0.4, -0.2) is 35.2 Å². The lowest BCUT2D eigenvalue weighted by atomic mass is 10.1. The number of aromatic nitrogens is 2. The molecule has 0 radical (unpaired) electrons. The molecule has 1 saturated heterocycles. The Morgan fingerprint density at radius 2 is 2.35 bits per heavy atom. The molecular weight excluding hydrogens is 318 g/mol. The molecule has 0 bridgehead atoms. The number of hydrogen-bond donors (Lipinski definition) is 0. The van der Waals surface area contributed by atoms with E-state index in [1.54, 1.807) is 0 Å². The number of pyridine rings is 1. The SMILES string of the molecule is CCOC1CCCN(c2nc3ccccn3c2CBr)C1. The lowest BCUT2D eigenvalue weighted by Gasteiger charge is -2.33. The van der Waals surface area contributed by atoms with E-state index in [2.05, 4.69) is 44.4 Å². The molecule has 108 valence electrons. The number of anilines is 1. The first kappa shape index (κ1) is 13.9. The molecule has 2 aromatic rings. The number of imidazole rings is 1. The molecular formula is C15H20BrN3O. The fraction of sp³-hybridized carbons (Fsp3) is 0.533. The van der Waals surface area contributed by atoms with Crippen molar-refractivity contribution >= 4 is 27.4 Å². The normalized spacial score (nSPS) is 19.7. The number of hydrogen-bond acceptors (Lipinski definition) is 3. The Morgan fingerprint density at radius 3 is 3.15 bits per heavy atom. The molecule has 0 amide bonds. The van der Waals surface area contributed by atoms with Gasteiger partial charge in [0.15, 0.2) is 5.82 Å². The molecule has 1 atom stereocenters. The highest BCUT2D eigenvalue weighted by molar-refractivity contribution is 9.08. The number of nitrogens with zero attached hydrogens (tertiary/aromatic N) is 3. The van der Waals surface area contributed by atoms with Crippen LogP contribution in [0, 0.1) is 0 Å². The average molecular weight is 338 g/mol. The molecule has 0 aromatic carbocycles. The Hall–Kier alpha value is -1.07. The van der Waals surface area contributed by atoms with Crippen molar-refractivity contribution in [3.8, 4) is 0 Å². The average Bonchev–Trinajstić information content (AvgIpc) is 2.86. The van der Waals surface area contributed by atoms with Crippen LogP contribution >= 0.6 is 15.9 Å². The summed E-state index contributed by atoms with van der Waals surface area (Å²) in [5.74, 6) is 1.09. The van der Waals surface area contributed by atoms with E-state index in [0.717, 1.165) is 42.9 Å². The second kappa shape index (κ2) is 6.14. The molecule has 3 rings (SSSR count). The van der Waals surface area contributed by atoms with E-state index >= 15 is 0 Å². The van der Waals surface area contributed by atoms with Gasteiger partial charge in [0.1, 0.15) is 5.65 Å². The molecule has 5 heteroatoms. The largest absolute Gasteiger partial charge is 0.377 e. The summed E-state index contributed by atoms with van der Waals surface area (Å²) in [5.41, 5.74) is 2.23. The minimum atomic E-state index is 0.335. The minimum Gasteiger partial charge on any atom is -0.377 e. The molecule has 2 aromatic heterocycles. The highest BCUT2D eigenvalue weighted by atomic mass is 79.9. The quantitative estimate of drug-likeness (QED) is 0.802. The summed E-state index contributed by atoms with van der Waals surface area (Å²) in [6, 6.07) is 6.13. The highest BCUT2D eigenvalue weighted by Crippen LogP contribution is 2.27. The maximum atomic E-state index is 5.79. The van der Waals surface area contributed by atoms with Gasteiger partial charge in [0, 0.05) is 31.2 Å². The highest BCUT2D eigenvalue weighted by Gasteiger charge is 2.24. The summed E-state index contributed by atoms with van der Waals surface area (Å²) in [7, 11) is 0. The summed E-state index contributed by atoms with van der Waals surface area (Å²) < 4.78 is 7.96. The number of alkyl halides is 1. The molecule has 3 heterocycles. The van der Waals surface area contributed by atoms with Crippen LogP contribution < -0.4 is 4.90 Å². The van der Waals surface area contributed by atoms with Crippen LogP contribution in [0.5, 0.6) is 0 Å². The minimum absolute atomic E-state index is 0.335. The zero-order valence-electron chi connectivity index (χ0n) is 11.8. The zero-order valence-corrected chi connectivity index (χ0v) is 13.3. The van der Waals surface area contributed by atoms with Crippen molar-refractivity contribution < 1.29 is 4.74 Å². The molecule has 1 aliphatic rings. The van der Waals surface area contributed by atoms with Crippen molar-refractivity contribution in [1.29, 1.82) is 0 Å². The third-order valence-electron chi connectivity index (χ3n) is 3.81. The Morgan fingerprint density at radius 1 is 1.45 bits per heavy atom. The van der Waals surface area contributed by atoms with Crippen LogP contribution in [0.4, 0.5) is 5.82 Å². The van der Waals surface area contributed by atoms with E-state index in [0.29, 0.717) is 6.10 Å². The van der Waals surface area contributed by atoms with Crippen molar-refractivity contribution in [2.75, 3.05) is 24.6 Å². The van der Waals surface area contributed by atoms with Crippen LogP contribution in [0.3, 0.4) is 0 Å². The molecule has 0 N–H and O–H groups in total. The second-order valence-electron chi connectivity index (χ2n) is 5.11. The Bertz CT molecular complexity index is 582. The van der Waals surface area contributed by atoms with E-state index in [1.165, 1.54) is 12.1 Å². The second-order valence-corrected chi connectivity index (χ2v) is 5.67. The van der Waals surface area contributed by atoms with Crippen molar-refractivity contribution in [1.82, 2.24) is 9.38 Å². The number of halogens is 1. The summed E-state index contributed by atoms with van der Waals surface area (Å²) in [4.78, 5) is 7.17. The van der Waals surface area contributed by atoms with E-state index in [4.69, 9.17) is 9.72 Å². The molecule has 1 unspecified atom stereocenters. The predicted molar refractivity (Wildman–Crippen MR) is 84.7 cm³/mol. The molecule has 1 aliphatic heterocycles. The summed E-state index contributed by atoms with van der Waals surface area (Å²) >= 11 is 3.60. The van der Waals surface area contributed by atoms with Gasteiger partial charge in [-0.3, -0.25) is 0 Å². The van der Waals surface area contributed by atoms with Gasteiger partial charge in [-0.15, -0.1) is 0 Å². The van der Waals surface area contributed by atoms with Gasteiger partial charge >= 0.3 is 0 Å². The van der Waals surface area contributed by atoms with Gasteiger partial charge in [-0.1, -0.05) is 22.0 Å². The Balaban J connectivity index is 1.92. The van der Waals surface area contributed by atoms with Gasteiger partial charge in [-0.2, -0.15) is 0 Å². The van der Waals surface area contributed by atoms with Crippen molar-refractivity contribution in [3.63, 3.8) is 0 Å². The fourth-order valence-electron chi connectivity index (χ4n) is 2.91. The predicted octanol–water partition coefficient (Wildman–Crippen LogP) is 3.23. The van der Waals surface area contributed by atoms with Crippen LogP contribution in [-0.2, 0) is 10.1 Å². The van der Waals surface area contributed by atoms with Crippen molar-refractivity contribution in [2.24, 2.45) is 0 Å². The fourth-order valence-corrected chi connectivity index (χ4v) is 3.43. The first-order valence-electron chi connectivity index (χ1n) is 7.22. The van der Waals surface area contributed by atoms with Crippen LogP contribution in [0.25, 0.3) is 5.65 Å². The molecule has 1 fully saturated rings. The topological polar surface area (TPSA) is 29.8 Å². The Labute approximate surface area is 127 Å². The van der Waals surface area contributed by atoms with E-state index < -0.39 is 0 Å². The maximum absolute atomic E-state index is 5.79. The molecule has 4 nitrogen and oxygen atoms in total. The van der Waals surface area contributed by atoms with Crippen molar-refractivity contribution in [3.05, 3.63) is 30.1 Å². The first-order chi connectivity index (χ1) is 9.83. The monoisotopic (exact) mass is 337 g/mol. The van der Waals surface area contributed by atoms with Crippen LogP contribution in [0.2, 0.25) is 0 Å². The zero-order chi connectivity index (χ0) is 13.9. The van der Waals surface area contributed by atoms with Gasteiger partial charge in [0.25, 0.3) is 0 Å². The maximum Gasteiger partial charge on any atom is 0.152 e. The first-order valence-corrected chi connectivity index (χ1v) is 8.34. The third kappa shape index (κ3) is 2.56. The number of rotatable bonds is 4. The number of piperidine rings is 1. The lowest BCUT2D eigenvalue weighted by Crippen LogP contribution is -2.40. The van der Waals surface area contributed by atoms with Gasteiger partial charge in [0.2, 0.25) is 0 Å². The van der Waals surface area contributed by atoms with Gasteiger partial charge in [-0.05, 0) is 31.9 Å². The van der Waals surface area contributed by atoms with Gasteiger partial charge < -0.3 is 14.0 Å². The van der Waals surface area contributed by atoms with E-state index in [-0.39, 0.29) is 0 Å². The van der Waals surface area contributed by atoms with Crippen LogP contribution in [0.1, 0.15) is 25.5 Å².